The van der Waals surface area contributed by atoms with E-state index in [0.717, 1.165) is 5.56 Å². The molecule has 38 heavy (non-hydrogen) atoms. The molecule has 0 saturated carbocycles. The second kappa shape index (κ2) is 12.8. The van der Waals surface area contributed by atoms with Gasteiger partial charge in [-0.3, -0.25) is 14.9 Å². The van der Waals surface area contributed by atoms with Gasteiger partial charge < -0.3 is 29.0 Å². The average Bonchev–Trinajstić information content (AvgIpc) is 2.94. The molecule has 10 heteroatoms. The van der Waals surface area contributed by atoms with Crippen LogP contribution in [0, 0.1) is 10.1 Å². The first kappa shape index (κ1) is 27.6. The lowest BCUT2D eigenvalue weighted by atomic mass is 10.1. The second-order valence-electron chi connectivity index (χ2n) is 7.73. The zero-order valence-electron chi connectivity index (χ0n) is 21.6. The van der Waals surface area contributed by atoms with Crippen molar-refractivity contribution in [2.24, 2.45) is 0 Å². The van der Waals surface area contributed by atoms with Gasteiger partial charge in [-0.25, -0.2) is 0 Å². The predicted octanol–water partition coefficient (Wildman–Crippen LogP) is 5.46. The summed E-state index contributed by atoms with van der Waals surface area (Å²) in [5.74, 6) is 1.83. The Hall–Kier alpha value is -4.99. The summed E-state index contributed by atoms with van der Waals surface area (Å²) in [6.45, 7) is 0. The maximum atomic E-state index is 12.8. The highest BCUT2D eigenvalue weighted by Crippen LogP contribution is 2.41. The highest BCUT2D eigenvalue weighted by atomic mass is 16.6. The van der Waals surface area contributed by atoms with Crippen molar-refractivity contribution in [2.75, 3.05) is 40.9 Å². The van der Waals surface area contributed by atoms with Crippen molar-refractivity contribution in [2.45, 2.75) is 0 Å². The van der Waals surface area contributed by atoms with Crippen LogP contribution in [0.2, 0.25) is 0 Å². The largest absolute Gasteiger partial charge is 0.493 e. The summed E-state index contributed by atoms with van der Waals surface area (Å²) in [4.78, 5) is 23.2. The third-order valence-electron chi connectivity index (χ3n) is 5.50. The molecule has 0 radical (unpaired) electrons. The van der Waals surface area contributed by atoms with E-state index in [1.165, 1.54) is 53.8 Å². The third-order valence-corrected chi connectivity index (χ3v) is 5.50. The fourth-order valence-electron chi connectivity index (χ4n) is 3.64. The van der Waals surface area contributed by atoms with E-state index >= 15 is 0 Å². The Morgan fingerprint density at radius 3 is 1.87 bits per heavy atom. The number of carbonyl (C=O) groups excluding carboxylic acids is 1. The normalized spacial score (nSPS) is 10.9. The molecule has 0 aliphatic carbocycles. The predicted molar refractivity (Wildman–Crippen MR) is 145 cm³/mol. The minimum absolute atomic E-state index is 0.0313. The molecule has 1 N–H and O–H groups in total. The summed E-state index contributed by atoms with van der Waals surface area (Å²) in [6.07, 6.45) is 6.51. The topological polar surface area (TPSA) is 118 Å². The van der Waals surface area contributed by atoms with E-state index in [1.54, 1.807) is 48.6 Å². The van der Waals surface area contributed by atoms with E-state index in [0.29, 0.717) is 45.6 Å². The van der Waals surface area contributed by atoms with Gasteiger partial charge in [-0.15, -0.1) is 0 Å². The number of nitrogens with one attached hydrogen (secondary N) is 1. The molecule has 0 spiro atoms. The molecular weight excluding hydrogens is 492 g/mol. The molecule has 1 amide bonds. The first-order valence-electron chi connectivity index (χ1n) is 11.3. The summed E-state index contributed by atoms with van der Waals surface area (Å²) < 4.78 is 27.2. The fraction of sp³-hybridized carbons (Fsp3) is 0.179. The highest BCUT2D eigenvalue weighted by Gasteiger charge is 2.16. The molecule has 3 aromatic rings. The number of nitrogens with zero attached hydrogens (tertiary/aromatic N) is 1. The molecule has 0 aromatic heterocycles. The van der Waals surface area contributed by atoms with Gasteiger partial charge >= 0.3 is 0 Å². The fourth-order valence-corrected chi connectivity index (χ4v) is 3.64. The Morgan fingerprint density at radius 1 is 0.737 bits per heavy atom. The number of anilines is 1. The second-order valence-corrected chi connectivity index (χ2v) is 7.73. The van der Waals surface area contributed by atoms with Crippen molar-refractivity contribution in [1.82, 2.24) is 0 Å². The lowest BCUT2D eigenvalue weighted by Crippen LogP contribution is -2.11. The number of amides is 1. The van der Waals surface area contributed by atoms with Gasteiger partial charge in [-0.2, -0.15) is 0 Å². The summed E-state index contributed by atoms with van der Waals surface area (Å²) in [5.41, 5.74) is 2.41. The molecule has 0 fully saturated rings. The molecule has 0 atom stereocenters. The van der Waals surface area contributed by atoms with Crippen LogP contribution in [-0.4, -0.2) is 46.4 Å². The van der Waals surface area contributed by atoms with Crippen molar-refractivity contribution in [3.8, 4) is 28.7 Å². The van der Waals surface area contributed by atoms with Crippen molar-refractivity contribution >= 4 is 35.5 Å². The van der Waals surface area contributed by atoms with Gasteiger partial charge in [0.15, 0.2) is 23.0 Å². The molecular formula is C28H28N2O8. The van der Waals surface area contributed by atoms with E-state index < -0.39 is 10.8 Å². The van der Waals surface area contributed by atoms with E-state index in [-0.39, 0.29) is 5.69 Å². The zero-order valence-corrected chi connectivity index (χ0v) is 21.6. The summed E-state index contributed by atoms with van der Waals surface area (Å²) in [5, 5.41) is 13.7. The number of non-ortho nitro benzene ring substituents is 1. The van der Waals surface area contributed by atoms with Crippen LogP contribution in [0.1, 0.15) is 16.7 Å². The lowest BCUT2D eigenvalue weighted by Gasteiger charge is -2.16. The van der Waals surface area contributed by atoms with Crippen molar-refractivity contribution in [1.29, 1.82) is 0 Å². The van der Waals surface area contributed by atoms with Gasteiger partial charge in [0.25, 0.3) is 5.69 Å². The maximum absolute atomic E-state index is 12.8. The number of carbonyl (C=O) groups is 1. The van der Waals surface area contributed by atoms with Crippen molar-refractivity contribution < 1.29 is 33.4 Å². The van der Waals surface area contributed by atoms with Crippen LogP contribution in [0.15, 0.2) is 54.6 Å². The van der Waals surface area contributed by atoms with Gasteiger partial charge in [0, 0.05) is 23.8 Å². The standard InChI is InChI=1S/C28H28N2O8/c1-34-22-14-11-20(10-6-19-16-23(35-2)27(37-4)24(17-19)36-3)26(28(22)38-5)29-25(31)15-9-18-7-12-21(13-8-18)30(32)33/h6-17H,1-5H3,(H,29,31)/b10-6?,15-9+. The van der Waals surface area contributed by atoms with Crippen LogP contribution < -0.4 is 29.0 Å². The zero-order chi connectivity index (χ0) is 27.7. The Labute approximate surface area is 220 Å². The van der Waals surface area contributed by atoms with Gasteiger partial charge in [0.1, 0.15) is 0 Å². The smallest absolute Gasteiger partial charge is 0.269 e. The van der Waals surface area contributed by atoms with Crippen LogP contribution >= 0.6 is 0 Å². The van der Waals surface area contributed by atoms with Crippen LogP contribution in [0.25, 0.3) is 18.2 Å². The summed E-state index contributed by atoms with van der Waals surface area (Å²) >= 11 is 0. The molecule has 0 aliphatic heterocycles. The van der Waals surface area contributed by atoms with E-state index in [1.807, 2.05) is 6.08 Å². The number of ether oxygens (including phenoxy) is 5. The highest BCUT2D eigenvalue weighted by molar-refractivity contribution is 6.04. The number of benzene rings is 3. The average molecular weight is 521 g/mol. The van der Waals surface area contributed by atoms with Crippen LogP contribution in [-0.2, 0) is 4.79 Å². The minimum atomic E-state index is -0.484. The van der Waals surface area contributed by atoms with E-state index in [9.17, 15) is 14.9 Å². The summed E-state index contributed by atoms with van der Waals surface area (Å²) in [7, 11) is 7.59. The van der Waals surface area contributed by atoms with Crippen LogP contribution in [0.3, 0.4) is 0 Å². The first-order chi connectivity index (χ1) is 18.3. The lowest BCUT2D eigenvalue weighted by molar-refractivity contribution is -0.384. The molecule has 10 nitrogen and oxygen atoms in total. The molecule has 198 valence electrons. The molecule has 0 saturated heterocycles. The van der Waals surface area contributed by atoms with Crippen molar-refractivity contribution in [3.63, 3.8) is 0 Å². The molecule has 0 aliphatic rings. The minimum Gasteiger partial charge on any atom is -0.493 e. The van der Waals surface area contributed by atoms with E-state index in [2.05, 4.69) is 5.32 Å². The number of nitro benzene ring substituents is 1. The Kier molecular flexibility index (Phi) is 9.31. The first-order valence-corrected chi connectivity index (χ1v) is 11.3. The van der Waals surface area contributed by atoms with Gasteiger partial charge in [0.2, 0.25) is 11.7 Å². The Morgan fingerprint density at radius 2 is 1.34 bits per heavy atom. The number of rotatable bonds is 11. The van der Waals surface area contributed by atoms with Crippen LogP contribution in [0.5, 0.6) is 28.7 Å². The molecule has 0 heterocycles. The molecule has 3 rings (SSSR count). The van der Waals surface area contributed by atoms with Gasteiger partial charge in [-0.05, 0) is 53.6 Å². The third kappa shape index (κ3) is 6.41. The molecule has 0 unspecified atom stereocenters. The number of nitro groups is 1. The Bertz CT molecular complexity index is 1340. The maximum Gasteiger partial charge on any atom is 0.269 e. The monoisotopic (exact) mass is 520 g/mol. The number of hydrogen-bond acceptors (Lipinski definition) is 8. The number of hydrogen-bond donors (Lipinski definition) is 1. The summed E-state index contributed by atoms with van der Waals surface area (Å²) in [6, 6.07) is 13.0. The Balaban J connectivity index is 1.94. The molecule has 0 bridgehead atoms. The quantitative estimate of drug-likeness (QED) is 0.153. The van der Waals surface area contributed by atoms with Crippen LogP contribution in [0.4, 0.5) is 11.4 Å². The van der Waals surface area contributed by atoms with E-state index in [4.69, 9.17) is 23.7 Å². The SMILES string of the molecule is COc1cc(C=Cc2ccc(OC)c(OC)c2NC(=O)/C=C/c2ccc([N+](=O)[O-])cc2)cc(OC)c1OC. The van der Waals surface area contributed by atoms with Crippen molar-refractivity contribution in [3.05, 3.63) is 81.4 Å². The van der Waals surface area contributed by atoms with Gasteiger partial charge in [0.05, 0.1) is 46.2 Å². The number of methoxy groups -OCH3 is 5. The van der Waals surface area contributed by atoms with Gasteiger partial charge in [-0.1, -0.05) is 12.2 Å². The molecule has 3 aromatic carbocycles.